The lowest BCUT2D eigenvalue weighted by molar-refractivity contribution is -0.133. The van der Waals surface area contributed by atoms with E-state index in [4.69, 9.17) is 4.74 Å². The number of hydrogen-bond donors (Lipinski definition) is 1. The minimum Gasteiger partial charge on any atom is -0.362 e. The van der Waals surface area contributed by atoms with E-state index in [2.05, 4.69) is 21.2 Å². The first kappa shape index (κ1) is 9.68. The second-order valence-corrected chi connectivity index (χ2v) is 3.98. The van der Waals surface area contributed by atoms with Crippen molar-refractivity contribution in [1.29, 1.82) is 0 Å². The highest BCUT2D eigenvalue weighted by atomic mass is 79.9. The van der Waals surface area contributed by atoms with Crippen LogP contribution in [-0.2, 0) is 9.53 Å². The number of carbonyl (C=O) groups is 1. The molecule has 1 N–H and O–H groups in total. The summed E-state index contributed by atoms with van der Waals surface area (Å²) in [5.74, 6) is -0.0479. The van der Waals surface area contributed by atoms with Gasteiger partial charge in [0.15, 0.2) is 0 Å². The van der Waals surface area contributed by atoms with Crippen LogP contribution >= 0.6 is 15.9 Å². The maximum Gasteiger partial charge on any atom is 0.246 e. The molecule has 1 atom stereocenters. The van der Waals surface area contributed by atoms with Crippen molar-refractivity contribution < 1.29 is 9.53 Å². The van der Waals surface area contributed by atoms with Gasteiger partial charge in [0.05, 0.1) is 0 Å². The molecule has 1 amide bonds. The van der Waals surface area contributed by atoms with E-state index in [-0.39, 0.29) is 18.6 Å². The first-order valence-electron chi connectivity index (χ1n) is 4.40. The summed E-state index contributed by atoms with van der Waals surface area (Å²) in [6.07, 6.45) is -0.0386. The summed E-state index contributed by atoms with van der Waals surface area (Å²) in [6.45, 7) is 0.688. The van der Waals surface area contributed by atoms with Crippen molar-refractivity contribution in [2.24, 2.45) is 0 Å². The summed E-state index contributed by atoms with van der Waals surface area (Å²) in [4.78, 5) is 10.9. The van der Waals surface area contributed by atoms with Crippen molar-refractivity contribution >= 4 is 21.8 Å². The van der Waals surface area contributed by atoms with E-state index in [1.54, 1.807) is 0 Å². The molecule has 1 aliphatic rings. The van der Waals surface area contributed by atoms with Crippen LogP contribution in [0.2, 0.25) is 0 Å². The Kier molecular flexibility index (Phi) is 2.84. The Morgan fingerprint density at radius 2 is 2.21 bits per heavy atom. The monoisotopic (exact) mass is 255 g/mol. The Morgan fingerprint density at radius 3 is 2.86 bits per heavy atom. The minimum atomic E-state index is -0.0479. The van der Waals surface area contributed by atoms with Crippen molar-refractivity contribution in [3.63, 3.8) is 0 Å². The topological polar surface area (TPSA) is 38.3 Å². The van der Waals surface area contributed by atoms with Gasteiger partial charge >= 0.3 is 0 Å². The van der Waals surface area contributed by atoms with E-state index in [0.29, 0.717) is 6.54 Å². The van der Waals surface area contributed by atoms with Gasteiger partial charge in [-0.1, -0.05) is 34.1 Å². The third-order valence-corrected chi connectivity index (χ3v) is 2.87. The summed E-state index contributed by atoms with van der Waals surface area (Å²) in [7, 11) is 0. The van der Waals surface area contributed by atoms with Crippen molar-refractivity contribution in [2.45, 2.75) is 6.10 Å². The Balaban J connectivity index is 2.16. The zero-order chi connectivity index (χ0) is 9.97. The molecule has 0 saturated carbocycles. The van der Waals surface area contributed by atoms with Gasteiger partial charge in [0.1, 0.15) is 12.7 Å². The average molecular weight is 256 g/mol. The smallest absolute Gasteiger partial charge is 0.246 e. The van der Waals surface area contributed by atoms with Crippen molar-refractivity contribution in [2.75, 3.05) is 13.2 Å². The molecule has 1 heterocycles. The molecule has 0 aromatic heterocycles. The standard InChI is InChI=1S/C10H10BrNO2/c11-8-4-2-1-3-7(8)9-5-12-10(13)6-14-9/h1-4,9H,5-6H2,(H,12,13)/t9-/m0/s1. The molecule has 0 bridgehead atoms. The van der Waals surface area contributed by atoms with Crippen LogP contribution in [0.3, 0.4) is 0 Å². The lowest BCUT2D eigenvalue weighted by Crippen LogP contribution is -2.38. The molecular weight excluding hydrogens is 246 g/mol. The highest BCUT2D eigenvalue weighted by Gasteiger charge is 2.21. The molecule has 0 radical (unpaired) electrons. The molecular formula is C10H10BrNO2. The highest BCUT2D eigenvalue weighted by Crippen LogP contribution is 2.26. The largest absolute Gasteiger partial charge is 0.362 e. The molecule has 1 fully saturated rings. The Bertz CT molecular complexity index is 344. The summed E-state index contributed by atoms with van der Waals surface area (Å²) in [5.41, 5.74) is 1.08. The van der Waals surface area contributed by atoms with Gasteiger partial charge in [-0.25, -0.2) is 0 Å². The molecule has 1 aromatic carbocycles. The molecule has 1 saturated heterocycles. The molecule has 3 nitrogen and oxygen atoms in total. The molecule has 0 spiro atoms. The third kappa shape index (κ3) is 1.96. The van der Waals surface area contributed by atoms with Crippen LogP contribution in [0.1, 0.15) is 11.7 Å². The minimum absolute atomic E-state index is 0.0386. The Hall–Kier alpha value is -0.870. The van der Waals surface area contributed by atoms with Crippen LogP contribution in [0.4, 0.5) is 0 Å². The van der Waals surface area contributed by atoms with Crippen LogP contribution in [-0.4, -0.2) is 19.1 Å². The molecule has 0 unspecified atom stereocenters. The zero-order valence-corrected chi connectivity index (χ0v) is 9.08. The summed E-state index contributed by atoms with van der Waals surface area (Å²) < 4.78 is 6.43. The molecule has 2 rings (SSSR count). The number of benzene rings is 1. The highest BCUT2D eigenvalue weighted by molar-refractivity contribution is 9.10. The fraction of sp³-hybridized carbons (Fsp3) is 0.300. The Labute approximate surface area is 90.6 Å². The third-order valence-electron chi connectivity index (χ3n) is 2.15. The first-order valence-corrected chi connectivity index (χ1v) is 5.19. The van der Waals surface area contributed by atoms with E-state index in [9.17, 15) is 4.79 Å². The Morgan fingerprint density at radius 1 is 1.43 bits per heavy atom. The molecule has 1 aliphatic heterocycles. The van der Waals surface area contributed by atoms with Gasteiger partial charge < -0.3 is 10.1 Å². The van der Waals surface area contributed by atoms with E-state index in [0.717, 1.165) is 10.0 Å². The second-order valence-electron chi connectivity index (χ2n) is 3.13. The van der Waals surface area contributed by atoms with Crippen LogP contribution in [0.5, 0.6) is 0 Å². The molecule has 1 aromatic rings. The number of amides is 1. The summed E-state index contributed by atoms with van der Waals surface area (Å²) in [5, 5.41) is 2.77. The van der Waals surface area contributed by atoms with E-state index < -0.39 is 0 Å². The maximum atomic E-state index is 10.9. The number of rotatable bonds is 1. The summed E-state index contributed by atoms with van der Waals surface area (Å²) >= 11 is 3.45. The predicted octanol–water partition coefficient (Wildman–Crippen LogP) is 1.64. The van der Waals surface area contributed by atoms with Crippen LogP contribution in [0.15, 0.2) is 28.7 Å². The zero-order valence-electron chi connectivity index (χ0n) is 7.50. The number of halogens is 1. The number of carbonyl (C=O) groups excluding carboxylic acids is 1. The van der Waals surface area contributed by atoms with Crippen LogP contribution < -0.4 is 5.32 Å². The van der Waals surface area contributed by atoms with E-state index in [1.807, 2.05) is 24.3 Å². The quantitative estimate of drug-likeness (QED) is 0.829. The van der Waals surface area contributed by atoms with E-state index >= 15 is 0 Å². The molecule has 4 heteroatoms. The van der Waals surface area contributed by atoms with E-state index in [1.165, 1.54) is 0 Å². The fourth-order valence-corrected chi connectivity index (χ4v) is 1.97. The van der Waals surface area contributed by atoms with Gasteiger partial charge in [0.2, 0.25) is 5.91 Å². The summed E-state index contributed by atoms with van der Waals surface area (Å²) in [6, 6.07) is 7.87. The first-order chi connectivity index (χ1) is 6.77. The van der Waals surface area contributed by atoms with Gasteiger partial charge in [-0.15, -0.1) is 0 Å². The molecule has 0 aliphatic carbocycles. The number of hydrogen-bond acceptors (Lipinski definition) is 2. The lowest BCUT2D eigenvalue weighted by atomic mass is 10.1. The average Bonchev–Trinajstić information content (AvgIpc) is 2.20. The predicted molar refractivity (Wildman–Crippen MR) is 55.8 cm³/mol. The van der Waals surface area contributed by atoms with Crippen LogP contribution in [0, 0.1) is 0 Å². The number of nitrogens with one attached hydrogen (secondary N) is 1. The van der Waals surface area contributed by atoms with Crippen molar-refractivity contribution in [3.05, 3.63) is 34.3 Å². The van der Waals surface area contributed by atoms with Gasteiger partial charge in [-0.2, -0.15) is 0 Å². The van der Waals surface area contributed by atoms with Crippen LogP contribution in [0.25, 0.3) is 0 Å². The van der Waals surface area contributed by atoms with Gasteiger partial charge in [0, 0.05) is 11.0 Å². The van der Waals surface area contributed by atoms with Gasteiger partial charge in [0.25, 0.3) is 0 Å². The lowest BCUT2D eigenvalue weighted by Gasteiger charge is -2.24. The van der Waals surface area contributed by atoms with Gasteiger partial charge in [-0.05, 0) is 11.6 Å². The normalized spacial score (nSPS) is 21.8. The van der Waals surface area contributed by atoms with Crippen molar-refractivity contribution in [1.82, 2.24) is 5.32 Å². The molecule has 14 heavy (non-hydrogen) atoms. The maximum absolute atomic E-state index is 10.9. The fourth-order valence-electron chi connectivity index (χ4n) is 1.43. The molecule has 74 valence electrons. The second kappa shape index (κ2) is 4.11. The van der Waals surface area contributed by atoms with Gasteiger partial charge in [-0.3, -0.25) is 4.79 Å². The number of morpholine rings is 1. The number of ether oxygens (including phenoxy) is 1. The van der Waals surface area contributed by atoms with Crippen molar-refractivity contribution in [3.8, 4) is 0 Å². The SMILES string of the molecule is O=C1CO[C@H](c2ccccc2Br)CN1.